The molecule has 2 aromatic rings. The Morgan fingerprint density at radius 2 is 1.61 bits per heavy atom. The van der Waals surface area contributed by atoms with Crippen molar-refractivity contribution in [2.24, 2.45) is 5.73 Å². The van der Waals surface area contributed by atoms with Crippen LogP contribution >= 0.6 is 0 Å². The van der Waals surface area contributed by atoms with Crippen molar-refractivity contribution in [3.05, 3.63) is 53.1 Å². The Balaban J connectivity index is 2.73. The molecule has 3 heteroatoms. The molecule has 0 aliphatic carbocycles. The molecule has 0 spiro atoms. The third-order valence-corrected chi connectivity index (χ3v) is 3.05. The lowest BCUT2D eigenvalue weighted by Crippen LogP contribution is -2.11. The van der Waals surface area contributed by atoms with Crippen molar-refractivity contribution >= 4 is 5.91 Å². The quantitative estimate of drug-likeness (QED) is 0.849. The van der Waals surface area contributed by atoms with Crippen LogP contribution in [-0.2, 0) is 0 Å². The van der Waals surface area contributed by atoms with Crippen LogP contribution in [0.3, 0.4) is 0 Å². The van der Waals surface area contributed by atoms with Gasteiger partial charge in [-0.25, -0.2) is 0 Å². The Morgan fingerprint density at radius 1 is 1.06 bits per heavy atom. The third-order valence-electron chi connectivity index (χ3n) is 3.05. The van der Waals surface area contributed by atoms with Gasteiger partial charge in [0.15, 0.2) is 0 Å². The molecule has 1 amide bonds. The third kappa shape index (κ3) is 1.95. The van der Waals surface area contributed by atoms with Crippen molar-refractivity contribution in [1.29, 1.82) is 0 Å². The standard InChI is InChI=1S/C15H15NO2/c1-9-5-3-6-10(2)13(9)11-7-4-8-12(14(11)17)15(16)18/h3-8,17H,1-2H3,(H2,16,18). The summed E-state index contributed by atoms with van der Waals surface area (Å²) in [5, 5.41) is 10.2. The molecule has 92 valence electrons. The van der Waals surface area contributed by atoms with Gasteiger partial charge in [-0.3, -0.25) is 4.79 Å². The summed E-state index contributed by atoms with van der Waals surface area (Å²) in [4.78, 5) is 11.2. The number of carbonyl (C=O) groups excluding carboxylic acids is 1. The van der Waals surface area contributed by atoms with E-state index in [1.54, 1.807) is 12.1 Å². The Labute approximate surface area is 106 Å². The topological polar surface area (TPSA) is 63.3 Å². The number of aryl methyl sites for hydroxylation is 2. The second-order valence-electron chi connectivity index (χ2n) is 4.33. The lowest BCUT2D eigenvalue weighted by Gasteiger charge is -2.13. The maximum Gasteiger partial charge on any atom is 0.252 e. The van der Waals surface area contributed by atoms with E-state index in [1.807, 2.05) is 32.0 Å². The molecule has 18 heavy (non-hydrogen) atoms. The van der Waals surface area contributed by atoms with Gasteiger partial charge < -0.3 is 10.8 Å². The van der Waals surface area contributed by atoms with Crippen molar-refractivity contribution in [2.45, 2.75) is 13.8 Å². The van der Waals surface area contributed by atoms with Crippen LogP contribution < -0.4 is 5.73 Å². The highest BCUT2D eigenvalue weighted by Crippen LogP contribution is 2.35. The van der Waals surface area contributed by atoms with E-state index in [0.29, 0.717) is 5.56 Å². The molecule has 0 fully saturated rings. The number of primary amides is 1. The minimum Gasteiger partial charge on any atom is -0.506 e. The number of amides is 1. The number of aromatic hydroxyl groups is 1. The maximum absolute atomic E-state index is 11.2. The minimum atomic E-state index is -0.624. The van der Waals surface area contributed by atoms with E-state index in [4.69, 9.17) is 5.73 Å². The van der Waals surface area contributed by atoms with Gasteiger partial charge in [0.1, 0.15) is 5.75 Å². The van der Waals surface area contributed by atoms with Crippen LogP contribution in [0.2, 0.25) is 0 Å². The van der Waals surface area contributed by atoms with Crippen LogP contribution in [0.15, 0.2) is 36.4 Å². The van der Waals surface area contributed by atoms with Crippen LogP contribution in [-0.4, -0.2) is 11.0 Å². The van der Waals surface area contributed by atoms with Crippen molar-refractivity contribution < 1.29 is 9.90 Å². The zero-order chi connectivity index (χ0) is 13.3. The Hall–Kier alpha value is -2.29. The molecule has 0 aromatic heterocycles. The lowest BCUT2D eigenvalue weighted by atomic mass is 9.93. The van der Waals surface area contributed by atoms with Crippen LogP contribution in [0.4, 0.5) is 0 Å². The molecule has 0 aliphatic heterocycles. The molecule has 3 nitrogen and oxygen atoms in total. The summed E-state index contributed by atoms with van der Waals surface area (Å²) in [6, 6.07) is 10.9. The molecule has 2 rings (SSSR count). The van der Waals surface area contributed by atoms with E-state index < -0.39 is 5.91 Å². The highest BCUT2D eigenvalue weighted by molar-refractivity contribution is 5.98. The first-order chi connectivity index (χ1) is 8.52. The predicted octanol–water partition coefficient (Wildman–Crippen LogP) is 2.77. The van der Waals surface area contributed by atoms with Crippen molar-refractivity contribution in [2.75, 3.05) is 0 Å². The smallest absolute Gasteiger partial charge is 0.252 e. The van der Waals surface area contributed by atoms with Gasteiger partial charge in [0.05, 0.1) is 5.56 Å². The second kappa shape index (κ2) is 4.53. The number of rotatable bonds is 2. The fourth-order valence-electron chi connectivity index (χ4n) is 2.18. The summed E-state index contributed by atoms with van der Waals surface area (Å²) in [5.74, 6) is -0.678. The van der Waals surface area contributed by atoms with Crippen LogP contribution in [0.1, 0.15) is 21.5 Å². The zero-order valence-corrected chi connectivity index (χ0v) is 10.4. The monoisotopic (exact) mass is 241 g/mol. The summed E-state index contributed by atoms with van der Waals surface area (Å²) < 4.78 is 0. The second-order valence-corrected chi connectivity index (χ2v) is 4.33. The zero-order valence-electron chi connectivity index (χ0n) is 10.4. The first-order valence-corrected chi connectivity index (χ1v) is 5.70. The van der Waals surface area contributed by atoms with E-state index in [0.717, 1.165) is 16.7 Å². The van der Waals surface area contributed by atoms with Crippen LogP contribution in [0, 0.1) is 13.8 Å². The summed E-state index contributed by atoms with van der Waals surface area (Å²) in [6.07, 6.45) is 0. The highest BCUT2D eigenvalue weighted by Gasteiger charge is 2.15. The van der Waals surface area contributed by atoms with E-state index in [1.165, 1.54) is 6.07 Å². The van der Waals surface area contributed by atoms with Gasteiger partial charge in [-0.15, -0.1) is 0 Å². The first kappa shape index (κ1) is 12.2. The Morgan fingerprint density at radius 3 is 2.17 bits per heavy atom. The molecule has 0 radical (unpaired) electrons. The minimum absolute atomic E-state index is 0.0533. The number of carbonyl (C=O) groups is 1. The van der Waals surface area contributed by atoms with E-state index in [9.17, 15) is 9.90 Å². The summed E-state index contributed by atoms with van der Waals surface area (Å²) in [7, 11) is 0. The average molecular weight is 241 g/mol. The van der Waals surface area contributed by atoms with Crippen LogP contribution in [0.25, 0.3) is 11.1 Å². The van der Waals surface area contributed by atoms with Crippen LogP contribution in [0.5, 0.6) is 5.75 Å². The number of phenols is 1. The van der Waals surface area contributed by atoms with Gasteiger partial charge >= 0.3 is 0 Å². The Kier molecular flexibility index (Phi) is 3.06. The SMILES string of the molecule is Cc1cccc(C)c1-c1cccc(C(N)=O)c1O. The van der Waals surface area contributed by atoms with E-state index >= 15 is 0 Å². The average Bonchev–Trinajstić information content (AvgIpc) is 2.30. The maximum atomic E-state index is 11.2. The molecule has 2 aromatic carbocycles. The Bertz CT molecular complexity index is 598. The van der Waals surface area contributed by atoms with E-state index in [-0.39, 0.29) is 11.3 Å². The van der Waals surface area contributed by atoms with Gasteiger partial charge in [-0.2, -0.15) is 0 Å². The summed E-state index contributed by atoms with van der Waals surface area (Å²) in [5.41, 5.74) is 9.07. The fraction of sp³-hybridized carbons (Fsp3) is 0.133. The van der Waals surface area contributed by atoms with Gasteiger partial charge in [0.25, 0.3) is 5.91 Å². The van der Waals surface area contributed by atoms with Gasteiger partial charge in [0, 0.05) is 5.56 Å². The first-order valence-electron chi connectivity index (χ1n) is 5.70. The van der Waals surface area contributed by atoms with Crippen molar-refractivity contribution in [1.82, 2.24) is 0 Å². The number of hydrogen-bond donors (Lipinski definition) is 2. The van der Waals surface area contributed by atoms with Crippen molar-refractivity contribution in [3.8, 4) is 16.9 Å². The number of benzene rings is 2. The molecule has 0 saturated heterocycles. The normalized spacial score (nSPS) is 10.3. The molecular weight excluding hydrogens is 226 g/mol. The largest absolute Gasteiger partial charge is 0.506 e. The molecule has 3 N–H and O–H groups in total. The molecule has 0 aliphatic rings. The van der Waals surface area contributed by atoms with Crippen molar-refractivity contribution in [3.63, 3.8) is 0 Å². The molecule has 0 atom stereocenters. The number of hydrogen-bond acceptors (Lipinski definition) is 2. The highest BCUT2D eigenvalue weighted by atomic mass is 16.3. The molecule has 0 unspecified atom stereocenters. The summed E-state index contributed by atoms with van der Waals surface area (Å²) >= 11 is 0. The molecule has 0 saturated carbocycles. The molecular formula is C15H15NO2. The lowest BCUT2D eigenvalue weighted by molar-refractivity contribution is 0.0998. The van der Waals surface area contributed by atoms with E-state index in [2.05, 4.69) is 0 Å². The molecule has 0 bridgehead atoms. The predicted molar refractivity (Wildman–Crippen MR) is 71.5 cm³/mol. The fourth-order valence-corrected chi connectivity index (χ4v) is 2.18. The van der Waals surface area contributed by atoms with Gasteiger partial charge in [-0.05, 0) is 36.6 Å². The van der Waals surface area contributed by atoms with Gasteiger partial charge in [-0.1, -0.05) is 30.3 Å². The number of nitrogens with two attached hydrogens (primary N) is 1. The summed E-state index contributed by atoms with van der Waals surface area (Å²) in [6.45, 7) is 3.94. The number of para-hydroxylation sites is 1. The van der Waals surface area contributed by atoms with Gasteiger partial charge in [0.2, 0.25) is 0 Å². The molecule has 0 heterocycles.